The van der Waals surface area contributed by atoms with E-state index in [0.717, 1.165) is 18.4 Å². The summed E-state index contributed by atoms with van der Waals surface area (Å²) >= 11 is 0. The van der Waals surface area contributed by atoms with E-state index in [-0.39, 0.29) is 17.6 Å². The van der Waals surface area contributed by atoms with Gasteiger partial charge in [0.1, 0.15) is 11.6 Å². The lowest BCUT2D eigenvalue weighted by Gasteiger charge is -2.32. The number of pyridine rings is 1. The number of nitrogens with zero attached hydrogens (tertiary/aromatic N) is 4. The number of carbonyl (C=O) groups is 2. The van der Waals surface area contributed by atoms with Crippen molar-refractivity contribution in [3.8, 4) is 11.6 Å². The molecule has 2 amide bonds. The molecule has 0 bridgehead atoms. The molecule has 0 aliphatic carbocycles. The summed E-state index contributed by atoms with van der Waals surface area (Å²) in [6.07, 6.45) is 6.67. The first-order valence-corrected chi connectivity index (χ1v) is 13.0. The third-order valence-corrected chi connectivity index (χ3v) is 6.71. The Hall–Kier alpha value is -4.53. The van der Waals surface area contributed by atoms with Gasteiger partial charge in [-0.3, -0.25) is 9.59 Å². The van der Waals surface area contributed by atoms with E-state index in [1.165, 1.54) is 12.1 Å². The number of rotatable bonds is 7. The van der Waals surface area contributed by atoms with Crippen LogP contribution < -0.4 is 10.1 Å². The normalized spacial score (nSPS) is 13.9. The van der Waals surface area contributed by atoms with Crippen LogP contribution in [0.25, 0.3) is 5.82 Å². The summed E-state index contributed by atoms with van der Waals surface area (Å²) in [6, 6.07) is 17.2. The second kappa shape index (κ2) is 11.5. The summed E-state index contributed by atoms with van der Waals surface area (Å²) in [6.45, 7) is 5.01. The van der Waals surface area contributed by atoms with Crippen molar-refractivity contribution in [2.45, 2.75) is 38.7 Å². The Kier molecular flexibility index (Phi) is 7.67. The van der Waals surface area contributed by atoms with Crippen LogP contribution in [0, 0.1) is 5.82 Å². The minimum atomic E-state index is -0.631. The van der Waals surface area contributed by atoms with Crippen molar-refractivity contribution >= 4 is 17.5 Å². The van der Waals surface area contributed by atoms with Gasteiger partial charge in [-0.2, -0.15) is 5.10 Å². The van der Waals surface area contributed by atoms with Crippen LogP contribution in [-0.2, 0) is 0 Å². The van der Waals surface area contributed by atoms with Gasteiger partial charge in [-0.1, -0.05) is 12.1 Å². The maximum Gasteiger partial charge on any atom is 0.258 e. The molecule has 1 N–H and O–H groups in total. The van der Waals surface area contributed by atoms with E-state index >= 15 is 0 Å². The zero-order chi connectivity index (χ0) is 27.4. The Labute approximate surface area is 226 Å². The first-order chi connectivity index (χ1) is 18.9. The van der Waals surface area contributed by atoms with Crippen LogP contribution in [0.4, 0.5) is 10.1 Å². The molecule has 200 valence electrons. The number of hydrogen-bond acceptors (Lipinski definition) is 5. The van der Waals surface area contributed by atoms with Gasteiger partial charge in [0.2, 0.25) is 0 Å². The predicted octanol–water partition coefficient (Wildman–Crippen LogP) is 5.47. The van der Waals surface area contributed by atoms with Crippen molar-refractivity contribution < 1.29 is 18.7 Å². The van der Waals surface area contributed by atoms with E-state index in [9.17, 15) is 14.0 Å². The van der Waals surface area contributed by atoms with E-state index in [4.69, 9.17) is 4.74 Å². The number of anilines is 1. The van der Waals surface area contributed by atoms with Crippen molar-refractivity contribution in [1.82, 2.24) is 19.7 Å². The fourth-order valence-corrected chi connectivity index (χ4v) is 4.71. The standard InChI is InChI=1S/C30H30FN5O3/c1-20(2)39-25-9-10-26(27(31)18-25)29(37)34-24-7-4-21(5-8-24)22-12-16-35(17-13-22)30(38)23-6-11-28(32-19-23)36-15-3-14-33-36/h3-11,14-15,18-20,22H,12-13,16-17H2,1-2H3,(H,34,37). The number of halogens is 1. The lowest BCUT2D eigenvalue weighted by atomic mass is 9.89. The summed E-state index contributed by atoms with van der Waals surface area (Å²) in [5.41, 5.74) is 2.25. The number of carbonyl (C=O) groups excluding carboxylic acids is 2. The van der Waals surface area contributed by atoms with Crippen molar-refractivity contribution in [2.24, 2.45) is 0 Å². The maximum atomic E-state index is 14.5. The van der Waals surface area contributed by atoms with Crippen molar-refractivity contribution in [1.29, 1.82) is 0 Å². The molecule has 0 spiro atoms. The molecule has 0 atom stereocenters. The molecule has 1 aliphatic heterocycles. The fraction of sp³-hybridized carbons (Fsp3) is 0.267. The third-order valence-electron chi connectivity index (χ3n) is 6.71. The molecule has 2 aromatic heterocycles. The van der Waals surface area contributed by atoms with E-state index in [0.29, 0.717) is 41.8 Å². The fourth-order valence-electron chi connectivity index (χ4n) is 4.71. The predicted molar refractivity (Wildman–Crippen MR) is 146 cm³/mol. The van der Waals surface area contributed by atoms with Gasteiger partial charge in [-0.05, 0) is 80.6 Å². The largest absolute Gasteiger partial charge is 0.491 e. The summed E-state index contributed by atoms with van der Waals surface area (Å²) in [5.74, 6) is 0.181. The van der Waals surface area contributed by atoms with Crippen LogP contribution in [0.5, 0.6) is 5.75 Å². The van der Waals surface area contributed by atoms with Crippen molar-refractivity contribution in [2.75, 3.05) is 18.4 Å². The number of aromatic nitrogens is 3. The Morgan fingerprint density at radius 2 is 1.82 bits per heavy atom. The van der Waals surface area contributed by atoms with E-state index < -0.39 is 11.7 Å². The highest BCUT2D eigenvalue weighted by Crippen LogP contribution is 2.30. The monoisotopic (exact) mass is 527 g/mol. The van der Waals surface area contributed by atoms with E-state index in [1.807, 2.05) is 49.1 Å². The topological polar surface area (TPSA) is 89.4 Å². The molecule has 4 aromatic rings. The number of hydrogen-bond donors (Lipinski definition) is 1. The molecule has 8 nitrogen and oxygen atoms in total. The second-order valence-corrected chi connectivity index (χ2v) is 9.81. The minimum absolute atomic E-state index is 0.0259. The molecule has 1 aliphatic rings. The molecule has 1 fully saturated rings. The molecule has 5 rings (SSSR count). The van der Waals surface area contributed by atoms with Gasteiger partial charge in [0.25, 0.3) is 11.8 Å². The van der Waals surface area contributed by atoms with Gasteiger partial charge in [0.15, 0.2) is 5.82 Å². The molecule has 2 aromatic carbocycles. The molecular formula is C30H30FN5O3. The van der Waals surface area contributed by atoms with Crippen LogP contribution in [-0.4, -0.2) is 50.7 Å². The summed E-state index contributed by atoms with van der Waals surface area (Å²) in [7, 11) is 0. The van der Waals surface area contributed by atoms with Gasteiger partial charge in [-0.15, -0.1) is 0 Å². The van der Waals surface area contributed by atoms with Gasteiger partial charge < -0.3 is 15.0 Å². The van der Waals surface area contributed by atoms with Crippen LogP contribution >= 0.6 is 0 Å². The summed E-state index contributed by atoms with van der Waals surface area (Å²) in [4.78, 5) is 31.8. The number of amides is 2. The Balaban J connectivity index is 1.14. The third kappa shape index (κ3) is 6.14. The molecule has 39 heavy (non-hydrogen) atoms. The zero-order valence-electron chi connectivity index (χ0n) is 21.9. The van der Waals surface area contributed by atoms with Crippen molar-refractivity contribution in [3.05, 3.63) is 102 Å². The summed E-state index contributed by atoms with van der Waals surface area (Å²) < 4.78 is 21.6. The quantitative estimate of drug-likeness (QED) is 0.345. The van der Waals surface area contributed by atoms with Gasteiger partial charge >= 0.3 is 0 Å². The number of nitrogens with one attached hydrogen (secondary N) is 1. The SMILES string of the molecule is CC(C)Oc1ccc(C(=O)Nc2ccc(C3CCN(C(=O)c4ccc(-n5cccn5)nc4)CC3)cc2)c(F)c1. The highest BCUT2D eigenvalue weighted by molar-refractivity contribution is 6.04. The van der Waals surface area contributed by atoms with Gasteiger partial charge in [0, 0.05) is 43.4 Å². The zero-order valence-corrected chi connectivity index (χ0v) is 21.9. The number of likely N-dealkylation sites (tertiary alicyclic amines) is 1. The van der Waals surface area contributed by atoms with Gasteiger partial charge in [-0.25, -0.2) is 14.1 Å². The highest BCUT2D eigenvalue weighted by atomic mass is 19.1. The lowest BCUT2D eigenvalue weighted by molar-refractivity contribution is 0.0712. The average Bonchev–Trinajstić information content (AvgIpc) is 3.48. The minimum Gasteiger partial charge on any atom is -0.491 e. The molecule has 1 saturated heterocycles. The van der Waals surface area contributed by atoms with Crippen molar-refractivity contribution in [3.63, 3.8) is 0 Å². The molecule has 0 radical (unpaired) electrons. The molecule has 0 saturated carbocycles. The highest BCUT2D eigenvalue weighted by Gasteiger charge is 2.25. The Morgan fingerprint density at radius 3 is 2.44 bits per heavy atom. The van der Waals surface area contributed by atoms with Crippen LogP contribution in [0.1, 0.15) is 58.9 Å². The second-order valence-electron chi connectivity index (χ2n) is 9.81. The van der Waals surface area contributed by atoms with E-state index in [2.05, 4.69) is 15.4 Å². The molecule has 0 unspecified atom stereocenters. The average molecular weight is 528 g/mol. The molecular weight excluding hydrogens is 497 g/mol. The number of ether oxygens (including phenoxy) is 1. The first kappa shape index (κ1) is 26.1. The molecule has 3 heterocycles. The lowest BCUT2D eigenvalue weighted by Crippen LogP contribution is -2.38. The van der Waals surface area contributed by atoms with E-state index in [1.54, 1.807) is 41.5 Å². The smallest absolute Gasteiger partial charge is 0.258 e. The molecule has 9 heteroatoms. The Bertz CT molecular complexity index is 1430. The van der Waals surface area contributed by atoms with Crippen LogP contribution in [0.2, 0.25) is 0 Å². The Morgan fingerprint density at radius 1 is 1.05 bits per heavy atom. The first-order valence-electron chi connectivity index (χ1n) is 13.0. The summed E-state index contributed by atoms with van der Waals surface area (Å²) in [5, 5.41) is 6.91. The van der Waals surface area contributed by atoms with Crippen LogP contribution in [0.15, 0.2) is 79.3 Å². The van der Waals surface area contributed by atoms with Crippen LogP contribution in [0.3, 0.4) is 0 Å². The number of piperidine rings is 1. The van der Waals surface area contributed by atoms with Gasteiger partial charge in [0.05, 0.1) is 17.2 Å². The number of benzene rings is 2. The maximum absolute atomic E-state index is 14.5.